The number of phenols is 2. The maximum Gasteiger partial charge on any atom is 0.116 e. The first kappa shape index (κ1) is 18.8. The Balaban J connectivity index is 1.47. The molecule has 0 spiro atoms. The van der Waals surface area contributed by atoms with Crippen molar-refractivity contribution in [2.75, 3.05) is 0 Å². The largest absolute Gasteiger partial charge is 0.508 e. The van der Waals surface area contributed by atoms with Crippen LogP contribution in [0.1, 0.15) is 22.3 Å². The summed E-state index contributed by atoms with van der Waals surface area (Å²) < 4.78 is 0. The molecule has 142 valence electrons. The molecule has 0 aliphatic carbocycles. The maximum atomic E-state index is 9.49. The normalized spacial score (nSPS) is 9.73. The second kappa shape index (κ2) is 8.65. The summed E-state index contributed by atoms with van der Waals surface area (Å²) in [5, 5.41) is 19.0. The van der Waals surface area contributed by atoms with Crippen molar-refractivity contribution in [3.8, 4) is 46.6 Å². The van der Waals surface area contributed by atoms with Crippen LogP contribution in [0.3, 0.4) is 0 Å². The van der Waals surface area contributed by atoms with E-state index in [-0.39, 0.29) is 11.5 Å². The third-order valence-electron chi connectivity index (χ3n) is 4.18. The van der Waals surface area contributed by atoms with Crippen LogP contribution in [0.2, 0.25) is 0 Å². The van der Waals surface area contributed by atoms with E-state index in [0.29, 0.717) is 0 Å². The summed E-state index contributed by atoms with van der Waals surface area (Å²) in [6.45, 7) is 0. The van der Waals surface area contributed by atoms with Gasteiger partial charge in [-0.25, -0.2) is 0 Å². The number of hydrogen-bond acceptors (Lipinski definition) is 4. The van der Waals surface area contributed by atoms with Gasteiger partial charge in [0.25, 0.3) is 0 Å². The van der Waals surface area contributed by atoms with E-state index >= 15 is 0 Å². The molecule has 0 aliphatic rings. The third kappa shape index (κ3) is 4.84. The van der Waals surface area contributed by atoms with E-state index in [1.807, 2.05) is 36.4 Å². The van der Waals surface area contributed by atoms with Gasteiger partial charge in [0.1, 0.15) is 11.5 Å². The van der Waals surface area contributed by atoms with Gasteiger partial charge in [-0.1, -0.05) is 35.8 Å². The molecule has 4 nitrogen and oxygen atoms in total. The van der Waals surface area contributed by atoms with E-state index in [4.69, 9.17) is 0 Å². The van der Waals surface area contributed by atoms with Gasteiger partial charge in [-0.3, -0.25) is 9.97 Å². The van der Waals surface area contributed by atoms with E-state index in [0.717, 1.165) is 33.6 Å². The minimum Gasteiger partial charge on any atom is -0.508 e. The first-order valence-corrected chi connectivity index (χ1v) is 9.20. The molecule has 0 bridgehead atoms. The summed E-state index contributed by atoms with van der Waals surface area (Å²) in [5.41, 5.74) is 4.51. The van der Waals surface area contributed by atoms with Crippen LogP contribution in [0.25, 0.3) is 11.4 Å². The lowest BCUT2D eigenvalue weighted by atomic mass is 10.1. The van der Waals surface area contributed by atoms with E-state index in [9.17, 15) is 10.2 Å². The number of pyridine rings is 2. The van der Waals surface area contributed by atoms with E-state index in [1.165, 1.54) is 0 Å². The molecule has 0 saturated heterocycles. The molecule has 0 amide bonds. The van der Waals surface area contributed by atoms with Crippen LogP contribution in [0, 0.1) is 23.7 Å². The van der Waals surface area contributed by atoms with Gasteiger partial charge in [0.05, 0.1) is 11.4 Å². The summed E-state index contributed by atoms with van der Waals surface area (Å²) >= 11 is 0. The van der Waals surface area contributed by atoms with Gasteiger partial charge in [-0.05, 0) is 60.7 Å². The number of benzene rings is 2. The average molecular weight is 388 g/mol. The van der Waals surface area contributed by atoms with E-state index in [1.54, 1.807) is 48.8 Å². The second-order valence-corrected chi connectivity index (χ2v) is 6.46. The summed E-state index contributed by atoms with van der Waals surface area (Å²) in [6, 6.07) is 21.1. The predicted molar refractivity (Wildman–Crippen MR) is 116 cm³/mol. The minimum atomic E-state index is 0.191. The SMILES string of the molecule is Oc1cccc(C#Cc2ccc(-c3ccc(C#Cc4cccc(O)c4)cn3)nc2)c1. The Morgan fingerprint density at radius 1 is 0.500 bits per heavy atom. The molecule has 0 radical (unpaired) electrons. The lowest BCUT2D eigenvalue weighted by molar-refractivity contribution is 0.474. The smallest absolute Gasteiger partial charge is 0.116 e. The van der Waals surface area contributed by atoms with Crippen LogP contribution in [-0.2, 0) is 0 Å². The van der Waals surface area contributed by atoms with Gasteiger partial charge in [-0.2, -0.15) is 0 Å². The van der Waals surface area contributed by atoms with Gasteiger partial charge in [0.15, 0.2) is 0 Å². The van der Waals surface area contributed by atoms with Crippen LogP contribution in [-0.4, -0.2) is 20.2 Å². The molecule has 30 heavy (non-hydrogen) atoms. The highest BCUT2D eigenvalue weighted by molar-refractivity contribution is 5.57. The van der Waals surface area contributed by atoms with Crippen molar-refractivity contribution in [2.45, 2.75) is 0 Å². The first-order chi connectivity index (χ1) is 14.7. The van der Waals surface area contributed by atoms with Crippen LogP contribution in [0.15, 0.2) is 85.2 Å². The Morgan fingerprint density at radius 3 is 1.30 bits per heavy atom. The fourth-order valence-electron chi connectivity index (χ4n) is 2.69. The van der Waals surface area contributed by atoms with Crippen molar-refractivity contribution in [1.82, 2.24) is 9.97 Å². The number of hydrogen-bond donors (Lipinski definition) is 2. The molecule has 2 aromatic carbocycles. The number of aromatic hydroxyl groups is 2. The lowest BCUT2D eigenvalue weighted by Crippen LogP contribution is -1.89. The quantitative estimate of drug-likeness (QED) is 0.476. The molecule has 0 fully saturated rings. The Hall–Kier alpha value is -4.54. The molecule has 4 heteroatoms. The molecular formula is C26H16N2O2. The lowest BCUT2D eigenvalue weighted by Gasteiger charge is -2.00. The molecule has 0 saturated carbocycles. The van der Waals surface area contributed by atoms with Gasteiger partial charge in [0.2, 0.25) is 0 Å². The van der Waals surface area contributed by atoms with Crippen molar-refractivity contribution in [3.05, 3.63) is 107 Å². The number of rotatable bonds is 1. The zero-order chi connectivity index (χ0) is 20.8. The monoisotopic (exact) mass is 388 g/mol. The van der Waals surface area contributed by atoms with Crippen molar-refractivity contribution in [1.29, 1.82) is 0 Å². The van der Waals surface area contributed by atoms with Gasteiger partial charge < -0.3 is 10.2 Å². The topological polar surface area (TPSA) is 66.2 Å². The summed E-state index contributed by atoms with van der Waals surface area (Å²) in [5.74, 6) is 12.5. The molecule has 0 atom stereocenters. The Kier molecular flexibility index (Phi) is 5.42. The van der Waals surface area contributed by atoms with Crippen molar-refractivity contribution in [3.63, 3.8) is 0 Å². The average Bonchev–Trinajstić information content (AvgIpc) is 2.77. The van der Waals surface area contributed by atoms with Crippen LogP contribution in [0.5, 0.6) is 11.5 Å². The van der Waals surface area contributed by atoms with Crippen molar-refractivity contribution < 1.29 is 10.2 Å². The number of aromatic nitrogens is 2. The molecule has 4 aromatic rings. The van der Waals surface area contributed by atoms with Gasteiger partial charge >= 0.3 is 0 Å². The Morgan fingerprint density at radius 2 is 0.933 bits per heavy atom. The second-order valence-electron chi connectivity index (χ2n) is 6.46. The molecule has 2 N–H and O–H groups in total. The molecule has 0 aliphatic heterocycles. The minimum absolute atomic E-state index is 0.191. The van der Waals surface area contributed by atoms with Crippen molar-refractivity contribution in [2.24, 2.45) is 0 Å². The Bertz CT molecular complexity index is 1200. The van der Waals surface area contributed by atoms with Crippen LogP contribution in [0.4, 0.5) is 0 Å². The van der Waals surface area contributed by atoms with E-state index in [2.05, 4.69) is 33.6 Å². The molecular weight excluding hydrogens is 372 g/mol. The highest BCUT2D eigenvalue weighted by atomic mass is 16.3. The molecule has 0 unspecified atom stereocenters. The van der Waals surface area contributed by atoms with Crippen LogP contribution >= 0.6 is 0 Å². The van der Waals surface area contributed by atoms with E-state index < -0.39 is 0 Å². The number of phenolic OH excluding ortho intramolecular Hbond substituents is 2. The first-order valence-electron chi connectivity index (χ1n) is 9.20. The van der Waals surface area contributed by atoms with Gasteiger partial charge in [-0.15, -0.1) is 0 Å². The fraction of sp³-hybridized carbons (Fsp3) is 0. The predicted octanol–water partition coefficient (Wildman–Crippen LogP) is 4.35. The molecule has 4 rings (SSSR count). The molecule has 2 aromatic heterocycles. The zero-order valence-electron chi connectivity index (χ0n) is 15.9. The summed E-state index contributed by atoms with van der Waals surface area (Å²) in [6.07, 6.45) is 3.39. The standard InChI is InChI=1S/C26H16N2O2/c29-23-5-1-3-19(15-23)7-9-21-11-13-25(27-17-21)26-14-12-22(18-28-26)10-8-20-4-2-6-24(30)16-20/h1-6,11-18,29-30H. The summed E-state index contributed by atoms with van der Waals surface area (Å²) in [4.78, 5) is 8.87. The Labute approximate surface area is 174 Å². The fourth-order valence-corrected chi connectivity index (χ4v) is 2.69. The van der Waals surface area contributed by atoms with Crippen molar-refractivity contribution >= 4 is 0 Å². The maximum absolute atomic E-state index is 9.49. The zero-order valence-corrected chi connectivity index (χ0v) is 15.9. The highest BCUT2D eigenvalue weighted by Crippen LogP contribution is 2.15. The van der Waals surface area contributed by atoms with Gasteiger partial charge in [0, 0.05) is 34.6 Å². The number of nitrogens with zero attached hydrogens (tertiary/aromatic N) is 2. The molecule has 2 heterocycles. The summed E-state index contributed by atoms with van der Waals surface area (Å²) in [7, 11) is 0. The highest BCUT2D eigenvalue weighted by Gasteiger charge is 2.01. The van der Waals surface area contributed by atoms with Crippen LogP contribution < -0.4 is 0 Å². The third-order valence-corrected chi connectivity index (χ3v) is 4.18.